The van der Waals surface area contributed by atoms with Crippen molar-refractivity contribution in [3.63, 3.8) is 0 Å². The molecule has 0 fully saturated rings. The van der Waals surface area contributed by atoms with E-state index in [4.69, 9.17) is 5.11 Å². The number of nitrogens with zero attached hydrogens (tertiary/aromatic N) is 3. The van der Waals surface area contributed by atoms with Crippen molar-refractivity contribution in [3.8, 4) is 17.2 Å². The largest absolute Gasteiger partial charge is 0.508 e. The summed E-state index contributed by atoms with van der Waals surface area (Å²) in [5.74, 6) is 0.897. The summed E-state index contributed by atoms with van der Waals surface area (Å²) >= 11 is 0. The molecule has 0 aliphatic heterocycles. The SMILES string of the molecule is CCN(CCN=Cc1ccccc1O)CCN=Cc1ccccc1O.CCc1ccccc1O. The van der Waals surface area contributed by atoms with Crippen LogP contribution in [0, 0.1) is 0 Å². The molecular formula is C28H35N3O3. The molecule has 6 heteroatoms. The molecule has 180 valence electrons. The number of phenols is 3. The predicted molar refractivity (Wildman–Crippen MR) is 141 cm³/mol. The van der Waals surface area contributed by atoms with Gasteiger partial charge in [-0.15, -0.1) is 0 Å². The molecule has 3 N–H and O–H groups in total. The number of aryl methyl sites for hydroxylation is 1. The molecule has 0 radical (unpaired) electrons. The van der Waals surface area contributed by atoms with E-state index >= 15 is 0 Å². The van der Waals surface area contributed by atoms with Crippen LogP contribution in [0.1, 0.15) is 30.5 Å². The maximum atomic E-state index is 9.69. The van der Waals surface area contributed by atoms with Crippen LogP contribution >= 0.6 is 0 Å². The minimum atomic E-state index is 0.247. The Morgan fingerprint density at radius 3 is 1.47 bits per heavy atom. The molecule has 0 aliphatic rings. The van der Waals surface area contributed by atoms with Crippen LogP contribution in [-0.2, 0) is 6.42 Å². The molecule has 3 rings (SSSR count). The Bertz CT molecular complexity index is 991. The van der Waals surface area contributed by atoms with E-state index in [-0.39, 0.29) is 11.5 Å². The second kappa shape index (κ2) is 15.2. The summed E-state index contributed by atoms with van der Waals surface area (Å²) < 4.78 is 0. The van der Waals surface area contributed by atoms with E-state index in [9.17, 15) is 10.2 Å². The highest BCUT2D eigenvalue weighted by Gasteiger charge is 2.01. The maximum Gasteiger partial charge on any atom is 0.124 e. The van der Waals surface area contributed by atoms with Crippen LogP contribution in [0.25, 0.3) is 0 Å². The van der Waals surface area contributed by atoms with Gasteiger partial charge in [-0.3, -0.25) is 14.9 Å². The third kappa shape index (κ3) is 9.46. The molecule has 0 amide bonds. The van der Waals surface area contributed by atoms with Gasteiger partial charge in [0, 0.05) is 36.6 Å². The fourth-order valence-corrected chi connectivity index (χ4v) is 3.16. The number of hydrogen-bond acceptors (Lipinski definition) is 6. The van der Waals surface area contributed by atoms with Crippen molar-refractivity contribution in [2.75, 3.05) is 32.7 Å². The number of aromatic hydroxyl groups is 3. The minimum absolute atomic E-state index is 0.247. The zero-order valence-corrected chi connectivity index (χ0v) is 20.0. The molecule has 3 aromatic rings. The fourth-order valence-electron chi connectivity index (χ4n) is 3.16. The van der Waals surface area contributed by atoms with Crippen molar-refractivity contribution in [1.29, 1.82) is 0 Å². The fraction of sp³-hybridized carbons (Fsp3) is 0.286. The van der Waals surface area contributed by atoms with E-state index in [0.717, 1.165) is 42.7 Å². The van der Waals surface area contributed by atoms with E-state index in [0.29, 0.717) is 18.8 Å². The highest BCUT2D eigenvalue weighted by Crippen LogP contribution is 2.15. The summed E-state index contributed by atoms with van der Waals surface area (Å²) in [6.45, 7) is 8.09. The molecule has 0 spiro atoms. The first kappa shape index (κ1) is 26.6. The Hall–Kier alpha value is -3.64. The lowest BCUT2D eigenvalue weighted by atomic mass is 10.1. The zero-order chi connectivity index (χ0) is 24.6. The molecular weight excluding hydrogens is 426 g/mol. The molecule has 0 atom stereocenters. The van der Waals surface area contributed by atoms with Gasteiger partial charge in [-0.25, -0.2) is 0 Å². The van der Waals surface area contributed by atoms with Crippen molar-refractivity contribution in [3.05, 3.63) is 89.5 Å². The summed E-state index contributed by atoms with van der Waals surface area (Å²) in [6, 6.07) is 21.7. The predicted octanol–water partition coefficient (Wildman–Crippen LogP) is 4.91. The Kier molecular flexibility index (Phi) is 11.9. The van der Waals surface area contributed by atoms with Crippen LogP contribution in [-0.4, -0.2) is 65.4 Å². The van der Waals surface area contributed by atoms with Gasteiger partial charge in [0.1, 0.15) is 17.2 Å². The third-order valence-corrected chi connectivity index (χ3v) is 5.24. The van der Waals surface area contributed by atoms with Crippen LogP contribution in [0.2, 0.25) is 0 Å². The number of benzene rings is 3. The molecule has 34 heavy (non-hydrogen) atoms. The van der Waals surface area contributed by atoms with Crippen molar-refractivity contribution in [2.45, 2.75) is 20.3 Å². The number of aliphatic imine (C=N–C) groups is 2. The second-order valence-corrected chi connectivity index (χ2v) is 7.60. The van der Waals surface area contributed by atoms with Gasteiger partial charge in [-0.2, -0.15) is 0 Å². The third-order valence-electron chi connectivity index (χ3n) is 5.24. The van der Waals surface area contributed by atoms with E-state index in [1.165, 1.54) is 0 Å². The molecule has 0 aromatic heterocycles. The summed E-state index contributed by atoms with van der Waals surface area (Å²) in [7, 11) is 0. The summed E-state index contributed by atoms with van der Waals surface area (Å²) in [5.41, 5.74) is 2.48. The van der Waals surface area contributed by atoms with E-state index in [1.54, 1.807) is 42.8 Å². The number of phenolic OH excluding ortho intramolecular Hbond substituents is 3. The van der Waals surface area contributed by atoms with Crippen LogP contribution in [0.4, 0.5) is 0 Å². The van der Waals surface area contributed by atoms with Gasteiger partial charge in [0.05, 0.1) is 13.1 Å². The van der Waals surface area contributed by atoms with Gasteiger partial charge >= 0.3 is 0 Å². The van der Waals surface area contributed by atoms with Gasteiger partial charge < -0.3 is 15.3 Å². The number of para-hydroxylation sites is 3. The van der Waals surface area contributed by atoms with E-state index < -0.39 is 0 Å². The smallest absolute Gasteiger partial charge is 0.124 e. The van der Waals surface area contributed by atoms with Crippen LogP contribution in [0.15, 0.2) is 82.8 Å². The summed E-state index contributed by atoms with van der Waals surface area (Å²) in [4.78, 5) is 11.0. The standard InChI is InChI=1S/C20H25N3O2.C8H10O/c1-2-23(13-11-21-15-17-7-3-5-9-19(17)24)14-12-22-16-18-8-4-6-10-20(18)25;1-2-7-5-3-4-6-8(7)9/h3-10,15-16,24-25H,2,11-14H2,1H3;3-6,9H,2H2,1H3. The van der Waals surface area contributed by atoms with Gasteiger partial charge in [0.2, 0.25) is 0 Å². The van der Waals surface area contributed by atoms with Crippen molar-refractivity contribution >= 4 is 12.4 Å². The Balaban J connectivity index is 0.000000379. The van der Waals surface area contributed by atoms with Crippen LogP contribution in [0.5, 0.6) is 17.2 Å². The van der Waals surface area contributed by atoms with Crippen molar-refractivity contribution < 1.29 is 15.3 Å². The van der Waals surface area contributed by atoms with Crippen LogP contribution < -0.4 is 0 Å². The normalized spacial score (nSPS) is 11.1. The molecule has 0 unspecified atom stereocenters. The first-order chi connectivity index (χ1) is 16.5. The molecule has 0 aliphatic carbocycles. The van der Waals surface area contributed by atoms with Gasteiger partial charge in [0.25, 0.3) is 0 Å². The number of likely N-dealkylation sites (N-methyl/N-ethyl adjacent to an activating group) is 1. The summed E-state index contributed by atoms with van der Waals surface area (Å²) in [5, 5.41) is 28.5. The van der Waals surface area contributed by atoms with Gasteiger partial charge in [0.15, 0.2) is 0 Å². The number of rotatable bonds is 10. The summed E-state index contributed by atoms with van der Waals surface area (Å²) in [6.07, 6.45) is 4.31. The first-order valence-corrected chi connectivity index (χ1v) is 11.6. The molecule has 6 nitrogen and oxygen atoms in total. The van der Waals surface area contributed by atoms with Crippen molar-refractivity contribution in [2.24, 2.45) is 9.98 Å². The highest BCUT2D eigenvalue weighted by molar-refractivity contribution is 5.83. The topological polar surface area (TPSA) is 88.7 Å². The quantitative estimate of drug-likeness (QED) is 0.374. The molecule has 0 saturated heterocycles. The lowest BCUT2D eigenvalue weighted by molar-refractivity contribution is 0.305. The highest BCUT2D eigenvalue weighted by atomic mass is 16.3. The molecule has 0 heterocycles. The zero-order valence-electron chi connectivity index (χ0n) is 20.0. The van der Waals surface area contributed by atoms with E-state index in [2.05, 4.69) is 21.8 Å². The average Bonchev–Trinajstić information content (AvgIpc) is 2.86. The first-order valence-electron chi connectivity index (χ1n) is 11.6. The van der Waals surface area contributed by atoms with Gasteiger partial charge in [-0.05, 0) is 48.9 Å². The average molecular weight is 462 g/mol. The monoisotopic (exact) mass is 461 g/mol. The Morgan fingerprint density at radius 2 is 1.09 bits per heavy atom. The minimum Gasteiger partial charge on any atom is -0.508 e. The van der Waals surface area contributed by atoms with Gasteiger partial charge in [-0.1, -0.05) is 56.3 Å². The van der Waals surface area contributed by atoms with Crippen molar-refractivity contribution in [1.82, 2.24) is 4.90 Å². The lowest BCUT2D eigenvalue weighted by Gasteiger charge is -2.17. The molecule has 0 bridgehead atoms. The van der Waals surface area contributed by atoms with Crippen LogP contribution in [0.3, 0.4) is 0 Å². The Labute approximate surface area is 202 Å². The number of hydrogen-bond donors (Lipinski definition) is 3. The Morgan fingerprint density at radius 1 is 0.647 bits per heavy atom. The lowest BCUT2D eigenvalue weighted by Crippen LogP contribution is -2.28. The molecule has 0 saturated carbocycles. The van der Waals surface area contributed by atoms with E-state index in [1.807, 2.05) is 49.4 Å². The maximum absolute atomic E-state index is 9.69. The molecule has 3 aromatic carbocycles. The second-order valence-electron chi connectivity index (χ2n) is 7.60.